The summed E-state index contributed by atoms with van der Waals surface area (Å²) >= 11 is 1.16. The largest absolute Gasteiger partial charge is 0.497 e. The third-order valence-corrected chi connectivity index (χ3v) is 7.16. The van der Waals surface area contributed by atoms with Crippen LogP contribution < -0.4 is 10.1 Å². The lowest BCUT2D eigenvalue weighted by Crippen LogP contribution is -2.25. The lowest BCUT2D eigenvalue weighted by molar-refractivity contribution is -0.121. The van der Waals surface area contributed by atoms with Crippen molar-refractivity contribution in [1.82, 2.24) is 5.01 Å². The lowest BCUT2D eigenvalue weighted by Gasteiger charge is -2.23. The standard InChI is InChI=1S/C27H22F2N4O3S/c1-36-19-10-7-17(8-11-19)23-14-22(16-5-3-2-4-6-16)32-33(23)27-31-26(35)24(37-27)15-25(34)30-18-9-12-20(28)21(29)13-18/h2-13,23-24H,14-15H2,1H3,(H,30,34)/t23-,24-/m1/s1. The smallest absolute Gasteiger partial charge is 0.262 e. The summed E-state index contributed by atoms with van der Waals surface area (Å²) in [7, 11) is 1.60. The van der Waals surface area contributed by atoms with E-state index in [1.165, 1.54) is 6.07 Å². The highest BCUT2D eigenvalue weighted by Gasteiger charge is 2.39. The molecule has 188 valence electrons. The van der Waals surface area contributed by atoms with Crippen molar-refractivity contribution in [2.45, 2.75) is 24.1 Å². The molecular formula is C27H22F2N4O3S. The van der Waals surface area contributed by atoms with Gasteiger partial charge in [0.15, 0.2) is 16.8 Å². The Morgan fingerprint density at radius 3 is 2.54 bits per heavy atom. The zero-order valence-corrected chi connectivity index (χ0v) is 20.5. The average Bonchev–Trinajstić information content (AvgIpc) is 3.51. The number of amides is 2. The molecule has 2 atom stereocenters. The highest BCUT2D eigenvalue weighted by atomic mass is 32.2. The molecule has 2 heterocycles. The van der Waals surface area contributed by atoms with E-state index in [9.17, 15) is 18.4 Å². The molecule has 3 aromatic carbocycles. The zero-order valence-electron chi connectivity index (χ0n) is 19.7. The second-order valence-electron chi connectivity index (χ2n) is 8.47. The molecule has 10 heteroatoms. The number of halogens is 2. The fourth-order valence-electron chi connectivity index (χ4n) is 4.14. The molecule has 0 fully saturated rings. The quantitative estimate of drug-likeness (QED) is 0.486. The van der Waals surface area contributed by atoms with Gasteiger partial charge >= 0.3 is 0 Å². The van der Waals surface area contributed by atoms with Gasteiger partial charge in [-0.3, -0.25) is 9.59 Å². The van der Waals surface area contributed by atoms with Gasteiger partial charge in [-0.15, -0.1) is 0 Å². The summed E-state index contributed by atoms with van der Waals surface area (Å²) in [5.74, 6) is -2.30. The van der Waals surface area contributed by atoms with Gasteiger partial charge in [-0.1, -0.05) is 54.2 Å². The lowest BCUT2D eigenvalue weighted by atomic mass is 9.98. The summed E-state index contributed by atoms with van der Waals surface area (Å²) in [5.41, 5.74) is 2.92. The number of hydrogen-bond donors (Lipinski definition) is 1. The molecule has 2 amide bonds. The SMILES string of the molecule is COc1ccc([C@H]2CC(c3ccccc3)=NN2C2=NC(=O)[C@@H](CC(=O)Nc3ccc(F)c(F)c3)S2)cc1. The summed E-state index contributed by atoms with van der Waals surface area (Å²) in [4.78, 5) is 29.5. The van der Waals surface area contributed by atoms with Crippen LogP contribution in [0.3, 0.4) is 0 Å². The molecule has 0 radical (unpaired) electrons. The van der Waals surface area contributed by atoms with Crippen molar-refractivity contribution in [2.24, 2.45) is 10.1 Å². The molecule has 1 N–H and O–H groups in total. The van der Waals surface area contributed by atoms with Crippen molar-refractivity contribution in [3.05, 3.63) is 95.6 Å². The summed E-state index contributed by atoms with van der Waals surface area (Å²) in [5, 5.41) is 8.70. The number of thioether (sulfide) groups is 1. The molecule has 0 aromatic heterocycles. The summed E-state index contributed by atoms with van der Waals surface area (Å²) in [6.07, 6.45) is 0.428. The van der Waals surface area contributed by atoms with E-state index in [0.717, 1.165) is 46.5 Å². The van der Waals surface area contributed by atoms with Crippen LogP contribution >= 0.6 is 11.8 Å². The van der Waals surface area contributed by atoms with E-state index in [2.05, 4.69) is 10.3 Å². The maximum atomic E-state index is 13.5. The van der Waals surface area contributed by atoms with Crippen LogP contribution in [0.1, 0.15) is 30.0 Å². The Hall–Kier alpha value is -4.05. The van der Waals surface area contributed by atoms with Crippen LogP contribution in [0.25, 0.3) is 0 Å². The fraction of sp³-hybridized carbons (Fsp3) is 0.185. The number of rotatable bonds is 6. The Labute approximate surface area is 216 Å². The van der Waals surface area contributed by atoms with Crippen LogP contribution in [0.15, 0.2) is 82.9 Å². The van der Waals surface area contributed by atoms with Gasteiger partial charge in [0, 0.05) is 24.6 Å². The van der Waals surface area contributed by atoms with Crippen LogP contribution in [0, 0.1) is 11.6 Å². The van der Waals surface area contributed by atoms with Crippen LogP contribution in [-0.2, 0) is 9.59 Å². The molecule has 37 heavy (non-hydrogen) atoms. The van der Waals surface area contributed by atoms with Crippen molar-refractivity contribution in [3.63, 3.8) is 0 Å². The molecule has 3 aromatic rings. The highest BCUT2D eigenvalue weighted by Crippen LogP contribution is 2.39. The van der Waals surface area contributed by atoms with E-state index in [1.54, 1.807) is 12.1 Å². The van der Waals surface area contributed by atoms with Gasteiger partial charge in [-0.25, -0.2) is 13.8 Å². The van der Waals surface area contributed by atoms with Crippen molar-refractivity contribution in [3.8, 4) is 5.75 Å². The fourth-order valence-corrected chi connectivity index (χ4v) is 5.20. The summed E-state index contributed by atoms with van der Waals surface area (Å²) < 4.78 is 31.9. The van der Waals surface area contributed by atoms with Crippen molar-refractivity contribution in [1.29, 1.82) is 0 Å². The van der Waals surface area contributed by atoms with E-state index in [0.29, 0.717) is 11.6 Å². The van der Waals surface area contributed by atoms with E-state index < -0.39 is 28.7 Å². The summed E-state index contributed by atoms with van der Waals surface area (Å²) in [6.45, 7) is 0. The first-order valence-electron chi connectivity index (χ1n) is 11.5. The van der Waals surface area contributed by atoms with E-state index in [-0.39, 0.29) is 18.2 Å². The number of hydrogen-bond acceptors (Lipinski definition) is 6. The average molecular weight is 521 g/mol. The third-order valence-electron chi connectivity index (χ3n) is 6.02. The monoisotopic (exact) mass is 520 g/mol. The Morgan fingerprint density at radius 2 is 1.84 bits per heavy atom. The van der Waals surface area contributed by atoms with Crippen molar-refractivity contribution < 1.29 is 23.1 Å². The first kappa shape index (κ1) is 24.6. The van der Waals surface area contributed by atoms with E-state index in [1.807, 2.05) is 54.6 Å². The molecule has 7 nitrogen and oxygen atoms in total. The Balaban J connectivity index is 1.34. The number of nitrogens with zero attached hydrogens (tertiary/aromatic N) is 3. The highest BCUT2D eigenvalue weighted by molar-refractivity contribution is 8.15. The number of nitrogens with one attached hydrogen (secondary N) is 1. The first-order valence-corrected chi connectivity index (χ1v) is 12.4. The Morgan fingerprint density at radius 1 is 1.08 bits per heavy atom. The van der Waals surface area contributed by atoms with Gasteiger partial charge < -0.3 is 10.1 Å². The minimum atomic E-state index is -1.07. The molecular weight excluding hydrogens is 498 g/mol. The predicted octanol–water partition coefficient (Wildman–Crippen LogP) is 5.15. The maximum Gasteiger partial charge on any atom is 0.262 e. The molecule has 0 bridgehead atoms. The molecule has 5 rings (SSSR count). The number of anilines is 1. The minimum Gasteiger partial charge on any atom is -0.497 e. The number of amidine groups is 1. The third kappa shape index (κ3) is 5.39. The van der Waals surface area contributed by atoms with Gasteiger partial charge in [0.1, 0.15) is 11.0 Å². The Bertz CT molecular complexity index is 1400. The number of hydrazone groups is 1. The number of carbonyl (C=O) groups is 2. The van der Waals surface area contributed by atoms with Crippen molar-refractivity contribution in [2.75, 3.05) is 12.4 Å². The first-order chi connectivity index (χ1) is 17.9. The summed E-state index contributed by atoms with van der Waals surface area (Å²) in [6, 6.07) is 20.3. The number of aliphatic imine (C=N–C) groups is 1. The van der Waals surface area contributed by atoms with Crippen molar-refractivity contribution >= 4 is 40.1 Å². The normalized spacial score (nSPS) is 19.0. The molecule has 2 aliphatic heterocycles. The van der Waals surface area contributed by atoms with Gasteiger partial charge in [0.2, 0.25) is 5.91 Å². The van der Waals surface area contributed by atoms with Gasteiger partial charge in [0.25, 0.3) is 5.91 Å². The van der Waals surface area contributed by atoms with Crippen LogP contribution in [0.5, 0.6) is 5.75 Å². The molecule has 0 unspecified atom stereocenters. The molecule has 0 saturated heterocycles. The predicted molar refractivity (Wildman–Crippen MR) is 139 cm³/mol. The van der Waals surface area contributed by atoms with Gasteiger partial charge in [-0.2, -0.15) is 10.1 Å². The zero-order chi connectivity index (χ0) is 25.9. The van der Waals surface area contributed by atoms with Crippen LogP contribution in [0.2, 0.25) is 0 Å². The number of methoxy groups -OCH3 is 1. The minimum absolute atomic E-state index is 0.108. The molecule has 0 spiro atoms. The number of benzene rings is 3. The second kappa shape index (κ2) is 10.5. The van der Waals surface area contributed by atoms with Gasteiger partial charge in [-0.05, 0) is 35.4 Å². The second-order valence-corrected chi connectivity index (χ2v) is 9.64. The van der Waals surface area contributed by atoms with Crippen LogP contribution in [-0.4, -0.2) is 40.1 Å². The molecule has 0 aliphatic carbocycles. The van der Waals surface area contributed by atoms with E-state index in [4.69, 9.17) is 9.84 Å². The van der Waals surface area contributed by atoms with Crippen LogP contribution in [0.4, 0.5) is 14.5 Å². The maximum absolute atomic E-state index is 13.5. The number of carbonyl (C=O) groups excluding carboxylic acids is 2. The molecule has 2 aliphatic rings. The van der Waals surface area contributed by atoms with Gasteiger partial charge in [0.05, 0.1) is 18.9 Å². The Kier molecular flexibility index (Phi) is 7.00. The topological polar surface area (TPSA) is 83.4 Å². The number of ether oxygens (including phenoxy) is 1. The van der Waals surface area contributed by atoms with E-state index >= 15 is 0 Å². The molecule has 0 saturated carbocycles.